The summed E-state index contributed by atoms with van der Waals surface area (Å²) in [4.78, 5) is 8.35. The maximum Gasteiger partial charge on any atom is 0.233 e. The van der Waals surface area contributed by atoms with Crippen LogP contribution in [0.5, 0.6) is 5.88 Å². The van der Waals surface area contributed by atoms with Crippen molar-refractivity contribution in [3.63, 3.8) is 0 Å². The Hall–Kier alpha value is -1.03. The van der Waals surface area contributed by atoms with Crippen molar-refractivity contribution in [2.75, 3.05) is 18.3 Å². The van der Waals surface area contributed by atoms with Gasteiger partial charge in [-0.25, -0.2) is 0 Å². The Kier molecular flexibility index (Phi) is 3.83. The first-order valence-corrected chi connectivity index (χ1v) is 6.05. The lowest BCUT2D eigenvalue weighted by Crippen LogP contribution is -2.25. The van der Waals surface area contributed by atoms with E-state index in [0.29, 0.717) is 23.7 Å². The van der Waals surface area contributed by atoms with Gasteiger partial charge in [0.05, 0.1) is 19.5 Å². The number of aromatic nitrogens is 2. The molecular weight excluding hydrogens is 226 g/mol. The van der Waals surface area contributed by atoms with Gasteiger partial charge in [0.25, 0.3) is 0 Å². The normalized spacial score (nSPS) is 24.4. The molecule has 1 heterocycles. The molecule has 1 aromatic rings. The summed E-state index contributed by atoms with van der Waals surface area (Å²) in [6.45, 7) is 0. The molecule has 1 aliphatic carbocycles. The van der Waals surface area contributed by atoms with Gasteiger partial charge in [-0.2, -0.15) is 4.98 Å². The fourth-order valence-corrected chi connectivity index (χ4v) is 2.49. The summed E-state index contributed by atoms with van der Waals surface area (Å²) in [6.07, 6.45) is 6.88. The summed E-state index contributed by atoms with van der Waals surface area (Å²) < 4.78 is 5.03. The zero-order valence-electron chi connectivity index (χ0n) is 9.32. The van der Waals surface area contributed by atoms with Crippen LogP contribution in [0.2, 0.25) is 0 Å². The maximum atomic E-state index is 5.93. The van der Waals surface area contributed by atoms with Crippen LogP contribution in [-0.4, -0.2) is 29.0 Å². The highest BCUT2D eigenvalue weighted by molar-refractivity contribution is 6.18. The zero-order valence-corrected chi connectivity index (χ0v) is 10.1. The average Bonchev–Trinajstić information content (AvgIpc) is 2.76. The van der Waals surface area contributed by atoms with Crippen LogP contribution in [0.25, 0.3) is 0 Å². The first kappa shape index (κ1) is 11.5. The Morgan fingerprint density at radius 1 is 1.50 bits per heavy atom. The van der Waals surface area contributed by atoms with Crippen molar-refractivity contribution in [2.45, 2.75) is 25.3 Å². The molecule has 2 atom stereocenters. The van der Waals surface area contributed by atoms with Crippen LogP contribution >= 0.6 is 11.6 Å². The molecule has 1 N–H and O–H groups in total. The highest BCUT2D eigenvalue weighted by Crippen LogP contribution is 2.29. The van der Waals surface area contributed by atoms with E-state index < -0.39 is 0 Å². The van der Waals surface area contributed by atoms with Gasteiger partial charge in [0, 0.05) is 11.9 Å². The van der Waals surface area contributed by atoms with E-state index in [2.05, 4.69) is 15.3 Å². The number of halogens is 1. The molecule has 0 bridgehead atoms. The van der Waals surface area contributed by atoms with Gasteiger partial charge in [-0.05, 0) is 18.8 Å². The molecule has 88 valence electrons. The summed E-state index contributed by atoms with van der Waals surface area (Å²) in [5.74, 6) is 2.54. The standard InChI is InChI=1S/C11H16ClN3O/c1-16-11-7-13-6-10(15-11)14-9-4-2-3-8(9)5-12/h6-9H,2-5H2,1H3,(H,14,15). The van der Waals surface area contributed by atoms with E-state index in [-0.39, 0.29) is 0 Å². The van der Waals surface area contributed by atoms with Crippen molar-refractivity contribution in [2.24, 2.45) is 5.92 Å². The van der Waals surface area contributed by atoms with Crippen LogP contribution in [0, 0.1) is 5.92 Å². The van der Waals surface area contributed by atoms with Crippen LogP contribution in [-0.2, 0) is 0 Å². The maximum absolute atomic E-state index is 5.93. The fraction of sp³-hybridized carbons (Fsp3) is 0.636. The van der Waals surface area contributed by atoms with Crippen LogP contribution < -0.4 is 10.1 Å². The van der Waals surface area contributed by atoms with E-state index in [0.717, 1.165) is 12.2 Å². The number of methoxy groups -OCH3 is 1. The van der Waals surface area contributed by atoms with Gasteiger partial charge >= 0.3 is 0 Å². The minimum Gasteiger partial charge on any atom is -0.480 e. The summed E-state index contributed by atoms with van der Waals surface area (Å²) >= 11 is 5.93. The van der Waals surface area contributed by atoms with Crippen molar-refractivity contribution >= 4 is 17.4 Å². The van der Waals surface area contributed by atoms with Gasteiger partial charge < -0.3 is 10.1 Å². The number of hydrogen-bond acceptors (Lipinski definition) is 4. The van der Waals surface area contributed by atoms with Crippen molar-refractivity contribution in [1.82, 2.24) is 9.97 Å². The lowest BCUT2D eigenvalue weighted by Gasteiger charge is -2.19. The van der Waals surface area contributed by atoms with E-state index in [9.17, 15) is 0 Å². The molecular formula is C11H16ClN3O. The summed E-state index contributed by atoms with van der Waals surface area (Å²) in [7, 11) is 1.59. The van der Waals surface area contributed by atoms with E-state index in [1.54, 1.807) is 19.5 Å². The van der Waals surface area contributed by atoms with Gasteiger partial charge in [0.2, 0.25) is 5.88 Å². The Bertz CT molecular complexity index is 348. The Morgan fingerprint density at radius 3 is 3.12 bits per heavy atom. The summed E-state index contributed by atoms with van der Waals surface area (Å²) in [5, 5.41) is 3.38. The predicted octanol–water partition coefficient (Wildman–Crippen LogP) is 2.30. The van der Waals surface area contributed by atoms with Crippen LogP contribution in [0.15, 0.2) is 12.4 Å². The molecule has 5 heteroatoms. The monoisotopic (exact) mass is 241 g/mol. The third-order valence-electron chi connectivity index (χ3n) is 3.01. The molecule has 2 rings (SSSR count). The molecule has 4 nitrogen and oxygen atoms in total. The van der Waals surface area contributed by atoms with Gasteiger partial charge in [-0.15, -0.1) is 11.6 Å². The lowest BCUT2D eigenvalue weighted by atomic mass is 10.1. The van der Waals surface area contributed by atoms with Crippen LogP contribution in [0.4, 0.5) is 5.82 Å². The Labute approximate surface area is 100 Å². The second-order valence-corrected chi connectivity index (χ2v) is 4.35. The van der Waals surface area contributed by atoms with Gasteiger partial charge in [-0.3, -0.25) is 4.98 Å². The molecule has 1 aromatic heterocycles. The topological polar surface area (TPSA) is 47.0 Å². The number of rotatable bonds is 4. The Morgan fingerprint density at radius 2 is 2.38 bits per heavy atom. The van der Waals surface area contributed by atoms with E-state index in [4.69, 9.17) is 16.3 Å². The van der Waals surface area contributed by atoms with Crippen molar-refractivity contribution in [1.29, 1.82) is 0 Å². The van der Waals surface area contributed by atoms with E-state index in [1.807, 2.05) is 0 Å². The molecule has 1 aliphatic rings. The smallest absolute Gasteiger partial charge is 0.233 e. The zero-order chi connectivity index (χ0) is 11.4. The molecule has 16 heavy (non-hydrogen) atoms. The molecule has 0 spiro atoms. The minimum absolute atomic E-state index is 0.416. The lowest BCUT2D eigenvalue weighted by molar-refractivity contribution is 0.396. The van der Waals surface area contributed by atoms with Crippen molar-refractivity contribution in [3.05, 3.63) is 12.4 Å². The van der Waals surface area contributed by atoms with Crippen LogP contribution in [0.3, 0.4) is 0 Å². The third kappa shape index (κ3) is 2.55. The van der Waals surface area contributed by atoms with E-state index in [1.165, 1.54) is 12.8 Å². The summed E-state index contributed by atoms with van der Waals surface area (Å²) in [6, 6.07) is 0.416. The van der Waals surface area contributed by atoms with Crippen molar-refractivity contribution in [3.8, 4) is 5.88 Å². The number of nitrogens with one attached hydrogen (secondary N) is 1. The third-order valence-corrected chi connectivity index (χ3v) is 3.41. The highest BCUT2D eigenvalue weighted by atomic mass is 35.5. The first-order valence-electron chi connectivity index (χ1n) is 5.52. The number of alkyl halides is 1. The SMILES string of the molecule is COc1cncc(NC2CCCC2CCl)n1. The molecule has 0 aliphatic heterocycles. The number of nitrogens with zero attached hydrogens (tertiary/aromatic N) is 2. The molecule has 0 aromatic carbocycles. The number of ether oxygens (including phenoxy) is 1. The van der Waals surface area contributed by atoms with Gasteiger partial charge in [0.15, 0.2) is 0 Å². The average molecular weight is 242 g/mol. The Balaban J connectivity index is 2.02. The fourth-order valence-electron chi connectivity index (χ4n) is 2.12. The summed E-state index contributed by atoms with van der Waals surface area (Å²) in [5.41, 5.74) is 0. The van der Waals surface area contributed by atoms with Gasteiger partial charge in [-0.1, -0.05) is 6.42 Å². The largest absolute Gasteiger partial charge is 0.480 e. The molecule has 0 amide bonds. The van der Waals surface area contributed by atoms with Crippen LogP contribution in [0.1, 0.15) is 19.3 Å². The molecule has 0 radical (unpaired) electrons. The highest BCUT2D eigenvalue weighted by Gasteiger charge is 2.26. The van der Waals surface area contributed by atoms with Crippen molar-refractivity contribution < 1.29 is 4.74 Å². The minimum atomic E-state index is 0.416. The van der Waals surface area contributed by atoms with Gasteiger partial charge in [0.1, 0.15) is 5.82 Å². The molecule has 0 saturated heterocycles. The number of anilines is 1. The molecule has 1 saturated carbocycles. The molecule has 2 unspecified atom stereocenters. The second kappa shape index (κ2) is 5.34. The first-order chi connectivity index (χ1) is 7.83. The quantitative estimate of drug-likeness (QED) is 0.822. The predicted molar refractivity (Wildman–Crippen MR) is 64.1 cm³/mol. The number of hydrogen-bond donors (Lipinski definition) is 1. The second-order valence-electron chi connectivity index (χ2n) is 4.04. The van der Waals surface area contributed by atoms with E-state index >= 15 is 0 Å². The molecule has 1 fully saturated rings.